The van der Waals surface area contributed by atoms with Crippen LogP contribution in [0.5, 0.6) is 5.75 Å². The van der Waals surface area contributed by atoms with Crippen molar-refractivity contribution in [2.75, 3.05) is 6.61 Å². The first-order chi connectivity index (χ1) is 21.7. The molecule has 3 N–H and O–H groups in total. The molecule has 45 heavy (non-hydrogen) atoms. The lowest BCUT2D eigenvalue weighted by atomic mass is 10.1. The van der Waals surface area contributed by atoms with E-state index in [2.05, 4.69) is 26.0 Å². The molecule has 2 heterocycles. The van der Waals surface area contributed by atoms with Crippen LogP contribution in [0.25, 0.3) is 16.8 Å². The van der Waals surface area contributed by atoms with E-state index in [0.717, 1.165) is 15.5 Å². The molecular weight excluding hydrogens is 669 g/mol. The first-order valence-electron chi connectivity index (χ1n) is 14.0. The maximum atomic E-state index is 14.2. The average molecular weight is 700 g/mol. The van der Waals surface area contributed by atoms with Crippen molar-refractivity contribution in [3.05, 3.63) is 116 Å². The van der Waals surface area contributed by atoms with Gasteiger partial charge in [0.2, 0.25) is 0 Å². The minimum Gasteiger partial charge on any atom is -0.460 e. The van der Waals surface area contributed by atoms with Crippen molar-refractivity contribution in [1.82, 2.24) is 14.6 Å². The lowest BCUT2D eigenvalue weighted by molar-refractivity contribution is -0.146. The first kappa shape index (κ1) is 32.6. The number of fused-ring (bicyclic) bond motifs is 1. The highest BCUT2D eigenvalue weighted by Crippen LogP contribution is 2.47. The number of aromatic amines is 1. The molecule has 0 radical (unpaired) electrons. The Labute approximate surface area is 266 Å². The summed E-state index contributed by atoms with van der Waals surface area (Å²) in [6.07, 6.45) is -0.336. The zero-order chi connectivity index (χ0) is 32.0. The number of ether oxygens (including phenoxy) is 2. The van der Waals surface area contributed by atoms with E-state index in [1.54, 1.807) is 24.3 Å². The molecule has 1 aromatic heterocycles. The van der Waals surface area contributed by atoms with Crippen LogP contribution in [0.2, 0.25) is 0 Å². The third-order valence-electron chi connectivity index (χ3n) is 7.06. The number of halogens is 1. The van der Waals surface area contributed by atoms with Gasteiger partial charge in [-0.3, -0.25) is 23.7 Å². The molecule has 12 nitrogen and oxygen atoms in total. The summed E-state index contributed by atoms with van der Waals surface area (Å²) in [4.78, 5) is 41.1. The SMILES string of the molecule is C[C@@H](NP(=O)(OCC1OC(n2cc(/C=C/Br)c(=O)[nH]c2=O)CC1O)Oc1cccc2ccccc12)C(=O)OCc1ccccc1. The lowest BCUT2D eigenvalue weighted by Crippen LogP contribution is -2.36. The second kappa shape index (κ2) is 14.5. The molecule has 0 saturated carbocycles. The summed E-state index contributed by atoms with van der Waals surface area (Å²) in [7, 11) is -4.33. The number of nitrogens with one attached hydrogen (secondary N) is 2. The predicted molar refractivity (Wildman–Crippen MR) is 171 cm³/mol. The molecule has 1 aliphatic rings. The smallest absolute Gasteiger partial charge is 0.459 e. The quantitative estimate of drug-likeness (QED) is 0.141. The molecule has 0 spiro atoms. The van der Waals surface area contributed by atoms with Gasteiger partial charge in [-0.05, 0) is 35.0 Å². The highest BCUT2D eigenvalue weighted by atomic mass is 79.9. The number of nitrogens with zero attached hydrogens (tertiary/aromatic N) is 1. The predicted octanol–water partition coefficient (Wildman–Crippen LogP) is 4.63. The number of hydrogen-bond acceptors (Lipinski definition) is 9. The van der Waals surface area contributed by atoms with E-state index in [4.69, 9.17) is 18.5 Å². The zero-order valence-corrected chi connectivity index (χ0v) is 26.6. The van der Waals surface area contributed by atoms with Crippen LogP contribution in [0.1, 0.15) is 30.7 Å². The van der Waals surface area contributed by atoms with E-state index in [0.29, 0.717) is 5.39 Å². The Morgan fingerprint density at radius 2 is 1.89 bits per heavy atom. The topological polar surface area (TPSA) is 158 Å². The van der Waals surface area contributed by atoms with Crippen LogP contribution < -0.4 is 20.9 Å². The molecule has 3 aromatic carbocycles. The molecule has 5 rings (SSSR count). The fraction of sp³-hybridized carbons (Fsp3) is 0.258. The van der Waals surface area contributed by atoms with Crippen LogP contribution in [0.3, 0.4) is 0 Å². The van der Waals surface area contributed by atoms with Gasteiger partial charge in [0.25, 0.3) is 5.56 Å². The summed E-state index contributed by atoms with van der Waals surface area (Å²) in [5.74, 6) is -0.445. The molecule has 1 fully saturated rings. The van der Waals surface area contributed by atoms with Gasteiger partial charge >= 0.3 is 19.4 Å². The molecule has 4 unspecified atom stereocenters. The van der Waals surface area contributed by atoms with E-state index in [1.165, 1.54) is 24.2 Å². The van der Waals surface area contributed by atoms with E-state index < -0.39 is 56.0 Å². The third-order valence-corrected chi connectivity index (χ3v) is 8.95. The van der Waals surface area contributed by atoms with Gasteiger partial charge in [-0.25, -0.2) is 9.36 Å². The molecule has 0 bridgehead atoms. The molecule has 1 aliphatic heterocycles. The fourth-order valence-corrected chi connectivity index (χ4v) is 6.55. The third kappa shape index (κ3) is 8.06. The fourth-order valence-electron chi connectivity index (χ4n) is 4.75. The molecule has 0 amide bonds. The number of hydrogen-bond donors (Lipinski definition) is 3. The number of carbonyl (C=O) groups is 1. The highest BCUT2D eigenvalue weighted by Gasteiger charge is 2.40. The normalized spacial score (nSPS) is 20.2. The standard InChI is InChI=1S/C31H31BrN3O9P/c1-20(30(38)41-18-21-8-3-2-4-9-21)34-45(40,44-26-13-7-11-22-10-5-6-12-24(22)26)42-19-27-25(36)16-28(43-27)35-17-23(14-15-32)29(37)33-31(35)39/h2-15,17,20,25,27-28,36H,16,18-19H2,1H3,(H,34,40)(H,33,37,39)/b15-14+/t20-,25?,27?,28?,45?/m1/s1. The van der Waals surface area contributed by atoms with Gasteiger partial charge in [-0.15, -0.1) is 0 Å². The monoisotopic (exact) mass is 699 g/mol. The summed E-state index contributed by atoms with van der Waals surface area (Å²) in [5.41, 5.74) is -0.336. The molecule has 1 saturated heterocycles. The number of aliphatic hydroxyl groups is 1. The number of aliphatic hydroxyl groups excluding tert-OH is 1. The van der Waals surface area contributed by atoms with Crippen molar-refractivity contribution in [1.29, 1.82) is 0 Å². The number of esters is 1. The van der Waals surface area contributed by atoms with Crippen molar-refractivity contribution in [3.8, 4) is 5.75 Å². The number of aromatic nitrogens is 2. The lowest BCUT2D eigenvalue weighted by Gasteiger charge is -2.25. The Bertz CT molecular complexity index is 1840. The van der Waals surface area contributed by atoms with Crippen LogP contribution in [-0.2, 0) is 30.0 Å². The van der Waals surface area contributed by atoms with Crippen molar-refractivity contribution in [2.45, 2.75) is 44.4 Å². The van der Waals surface area contributed by atoms with Gasteiger partial charge in [0.1, 0.15) is 30.7 Å². The maximum absolute atomic E-state index is 14.2. The minimum atomic E-state index is -4.33. The summed E-state index contributed by atoms with van der Waals surface area (Å²) in [6, 6.07) is 20.5. The second-order valence-electron chi connectivity index (χ2n) is 10.3. The van der Waals surface area contributed by atoms with Gasteiger partial charge in [0.05, 0.1) is 18.3 Å². The molecular formula is C31H31BrN3O9P. The van der Waals surface area contributed by atoms with Crippen molar-refractivity contribution in [2.24, 2.45) is 0 Å². The summed E-state index contributed by atoms with van der Waals surface area (Å²) in [6.45, 7) is 1.06. The van der Waals surface area contributed by atoms with Crippen LogP contribution in [0.15, 0.2) is 93.6 Å². The molecule has 236 valence electrons. The van der Waals surface area contributed by atoms with E-state index in [9.17, 15) is 24.1 Å². The van der Waals surface area contributed by atoms with Gasteiger partial charge < -0.3 is 19.1 Å². The zero-order valence-electron chi connectivity index (χ0n) is 24.1. The van der Waals surface area contributed by atoms with E-state index in [1.807, 2.05) is 48.5 Å². The van der Waals surface area contributed by atoms with Crippen molar-refractivity contribution in [3.63, 3.8) is 0 Å². The first-order valence-corrected chi connectivity index (χ1v) is 16.5. The van der Waals surface area contributed by atoms with Crippen LogP contribution in [-0.4, -0.2) is 45.5 Å². The van der Waals surface area contributed by atoms with Crippen LogP contribution in [0, 0.1) is 0 Å². The number of carbonyl (C=O) groups excluding carboxylic acids is 1. The Morgan fingerprint density at radius 3 is 2.67 bits per heavy atom. The Balaban J connectivity index is 1.33. The summed E-state index contributed by atoms with van der Waals surface area (Å²) >= 11 is 3.11. The van der Waals surface area contributed by atoms with E-state index >= 15 is 0 Å². The van der Waals surface area contributed by atoms with Crippen LogP contribution in [0.4, 0.5) is 0 Å². The van der Waals surface area contributed by atoms with Gasteiger partial charge in [0, 0.05) is 18.0 Å². The van der Waals surface area contributed by atoms with E-state index in [-0.39, 0.29) is 24.3 Å². The highest BCUT2D eigenvalue weighted by molar-refractivity contribution is 9.11. The summed E-state index contributed by atoms with van der Waals surface area (Å²) < 4.78 is 38.4. The van der Waals surface area contributed by atoms with Crippen molar-refractivity contribution >= 4 is 46.5 Å². The number of rotatable bonds is 12. The Kier molecular flexibility index (Phi) is 10.5. The van der Waals surface area contributed by atoms with Crippen LogP contribution >= 0.6 is 23.7 Å². The summed E-state index contributed by atoms with van der Waals surface area (Å²) in [5, 5.41) is 14.9. The maximum Gasteiger partial charge on any atom is 0.459 e. The Hall–Kier alpha value is -3.84. The molecule has 14 heteroatoms. The molecule has 4 aromatic rings. The van der Waals surface area contributed by atoms with Crippen molar-refractivity contribution < 1.29 is 33.0 Å². The molecule has 0 aliphatic carbocycles. The average Bonchev–Trinajstić information content (AvgIpc) is 3.40. The Morgan fingerprint density at radius 1 is 1.16 bits per heavy atom. The number of benzene rings is 3. The molecule has 5 atom stereocenters. The second-order valence-corrected chi connectivity index (χ2v) is 12.5. The van der Waals surface area contributed by atoms with Gasteiger partial charge in [-0.2, -0.15) is 5.09 Å². The number of H-pyrrole nitrogens is 1. The van der Waals surface area contributed by atoms with Gasteiger partial charge in [0.15, 0.2) is 0 Å². The van der Waals surface area contributed by atoms with Gasteiger partial charge in [-0.1, -0.05) is 82.7 Å². The largest absolute Gasteiger partial charge is 0.460 e. The minimum absolute atomic E-state index is 0.0123.